The van der Waals surface area contributed by atoms with Gasteiger partial charge in [-0.15, -0.1) is 0 Å². The number of nitrogens with two attached hydrogens (primary N) is 1. The van der Waals surface area contributed by atoms with Gasteiger partial charge in [0.1, 0.15) is 23.7 Å². The van der Waals surface area contributed by atoms with Gasteiger partial charge in [-0.1, -0.05) is 11.8 Å². The van der Waals surface area contributed by atoms with E-state index in [2.05, 4.69) is 16.0 Å². The summed E-state index contributed by atoms with van der Waals surface area (Å²) in [6.45, 7) is 2.00. The Morgan fingerprint density at radius 3 is 3.04 bits per heavy atom. The predicted molar refractivity (Wildman–Crippen MR) is 94.9 cm³/mol. The van der Waals surface area contributed by atoms with Gasteiger partial charge in [-0.2, -0.15) is 5.26 Å². The molecular formula is C18H17FN4O2S. The molecule has 134 valence electrons. The first-order valence-electron chi connectivity index (χ1n) is 8.24. The second-order valence-corrected chi connectivity index (χ2v) is 7.59. The van der Waals surface area contributed by atoms with Crippen LogP contribution in [0.1, 0.15) is 35.2 Å². The minimum Gasteiger partial charge on any atom is -0.446 e. The van der Waals surface area contributed by atoms with E-state index in [9.17, 15) is 9.65 Å². The third kappa shape index (κ3) is 2.77. The van der Waals surface area contributed by atoms with E-state index in [0.29, 0.717) is 34.4 Å². The minimum atomic E-state index is -0.940. The molecular weight excluding hydrogens is 355 g/mol. The van der Waals surface area contributed by atoms with Crippen LogP contribution in [-0.2, 0) is 10.3 Å². The Morgan fingerprint density at radius 1 is 1.46 bits per heavy atom. The summed E-state index contributed by atoms with van der Waals surface area (Å²) < 4.78 is 26.2. The average molecular weight is 372 g/mol. The van der Waals surface area contributed by atoms with Crippen molar-refractivity contribution in [2.45, 2.75) is 25.0 Å². The van der Waals surface area contributed by atoms with Crippen LogP contribution in [0.3, 0.4) is 0 Å². The number of hydrogen-bond donors (Lipinski definition) is 1. The Balaban J connectivity index is 1.75. The van der Waals surface area contributed by atoms with Gasteiger partial charge < -0.3 is 14.9 Å². The zero-order valence-electron chi connectivity index (χ0n) is 14.1. The zero-order valence-corrected chi connectivity index (χ0v) is 14.9. The molecule has 1 aromatic carbocycles. The van der Waals surface area contributed by atoms with Crippen LogP contribution in [0.5, 0.6) is 0 Å². The van der Waals surface area contributed by atoms with Crippen LogP contribution < -0.4 is 5.73 Å². The van der Waals surface area contributed by atoms with Gasteiger partial charge >= 0.3 is 0 Å². The molecule has 0 aliphatic carbocycles. The molecule has 0 bridgehead atoms. The molecule has 1 saturated heterocycles. The third-order valence-corrected chi connectivity index (χ3v) is 5.85. The molecule has 3 atom stereocenters. The maximum atomic E-state index is 14.7. The van der Waals surface area contributed by atoms with Crippen molar-refractivity contribution in [3.05, 3.63) is 53.0 Å². The fraction of sp³-hybridized carbons (Fsp3) is 0.389. The van der Waals surface area contributed by atoms with Crippen molar-refractivity contribution in [1.82, 2.24) is 4.98 Å². The number of fused-ring (bicyclic) bond motifs is 1. The number of oxazole rings is 1. The van der Waals surface area contributed by atoms with Crippen LogP contribution in [-0.4, -0.2) is 22.5 Å². The molecule has 8 heteroatoms. The van der Waals surface area contributed by atoms with Crippen molar-refractivity contribution < 1.29 is 13.5 Å². The van der Waals surface area contributed by atoms with E-state index in [1.807, 2.05) is 6.92 Å². The molecule has 0 unspecified atom stereocenters. The Hall–Kier alpha value is -2.37. The summed E-state index contributed by atoms with van der Waals surface area (Å²) in [5.41, 5.74) is 6.55. The van der Waals surface area contributed by atoms with Crippen molar-refractivity contribution in [3.8, 4) is 6.07 Å². The van der Waals surface area contributed by atoms with Crippen molar-refractivity contribution in [2.75, 3.05) is 12.4 Å². The van der Waals surface area contributed by atoms with Gasteiger partial charge in [-0.3, -0.25) is 0 Å². The van der Waals surface area contributed by atoms with E-state index in [-0.39, 0.29) is 18.6 Å². The number of thioether (sulfide) groups is 1. The summed E-state index contributed by atoms with van der Waals surface area (Å²) in [5.74, 6) is 0.779. The van der Waals surface area contributed by atoms with Gasteiger partial charge in [0.15, 0.2) is 5.17 Å². The Kier molecular flexibility index (Phi) is 4.21. The lowest BCUT2D eigenvalue weighted by atomic mass is 9.74. The molecule has 1 aromatic heterocycles. The van der Waals surface area contributed by atoms with Gasteiger partial charge in [0.05, 0.1) is 23.9 Å². The third-order valence-electron chi connectivity index (χ3n) is 4.89. The summed E-state index contributed by atoms with van der Waals surface area (Å²) in [6, 6.07) is 6.36. The molecule has 2 N–H and O–H groups in total. The number of hydrogen-bond acceptors (Lipinski definition) is 7. The second kappa shape index (κ2) is 6.41. The molecule has 0 radical (unpaired) electrons. The van der Waals surface area contributed by atoms with Crippen LogP contribution in [0.15, 0.2) is 33.9 Å². The SMILES string of the molecule is Cc1coc([C@H]2C[C@H]3CSC(N)=N[C@@]3(c3cc(C#N)ccc3F)CO2)n1. The molecule has 1 fully saturated rings. The highest BCUT2D eigenvalue weighted by Crippen LogP contribution is 2.49. The number of aromatic nitrogens is 1. The largest absolute Gasteiger partial charge is 0.446 e. The highest BCUT2D eigenvalue weighted by Gasteiger charge is 2.50. The lowest BCUT2D eigenvalue weighted by molar-refractivity contribution is -0.0697. The van der Waals surface area contributed by atoms with Crippen LogP contribution in [0, 0.1) is 30.0 Å². The number of amidine groups is 1. The van der Waals surface area contributed by atoms with E-state index < -0.39 is 11.4 Å². The molecule has 2 aliphatic heterocycles. The smallest absolute Gasteiger partial charge is 0.223 e. The molecule has 0 amide bonds. The Morgan fingerprint density at radius 2 is 2.31 bits per heavy atom. The highest BCUT2D eigenvalue weighted by molar-refractivity contribution is 8.13. The number of aryl methyl sites for hydroxylation is 1. The average Bonchev–Trinajstić information content (AvgIpc) is 3.08. The molecule has 0 spiro atoms. The van der Waals surface area contributed by atoms with Gasteiger partial charge in [0.25, 0.3) is 0 Å². The van der Waals surface area contributed by atoms with Crippen molar-refractivity contribution in [3.63, 3.8) is 0 Å². The number of halogens is 1. The number of benzene rings is 1. The molecule has 6 nitrogen and oxygen atoms in total. The molecule has 3 heterocycles. The van der Waals surface area contributed by atoms with Gasteiger partial charge in [-0.25, -0.2) is 14.4 Å². The summed E-state index contributed by atoms with van der Waals surface area (Å²) >= 11 is 1.45. The topological polar surface area (TPSA) is 97.4 Å². The molecule has 2 aromatic rings. The first-order chi connectivity index (χ1) is 12.5. The van der Waals surface area contributed by atoms with Crippen molar-refractivity contribution in [1.29, 1.82) is 5.26 Å². The summed E-state index contributed by atoms with van der Waals surface area (Å²) in [4.78, 5) is 8.96. The summed E-state index contributed by atoms with van der Waals surface area (Å²) in [7, 11) is 0. The number of nitriles is 1. The van der Waals surface area contributed by atoms with Crippen molar-refractivity contribution >= 4 is 16.9 Å². The Labute approximate surface area is 154 Å². The highest BCUT2D eigenvalue weighted by atomic mass is 32.2. The molecule has 0 saturated carbocycles. The van der Waals surface area contributed by atoms with Gasteiger partial charge in [0, 0.05) is 17.2 Å². The zero-order chi connectivity index (χ0) is 18.3. The maximum absolute atomic E-state index is 14.7. The normalized spacial score (nSPS) is 28.1. The number of nitrogens with zero attached hydrogens (tertiary/aromatic N) is 3. The van der Waals surface area contributed by atoms with Crippen LogP contribution >= 0.6 is 11.8 Å². The number of aliphatic imine (C=N–C) groups is 1. The van der Waals surface area contributed by atoms with Crippen LogP contribution in [0.25, 0.3) is 0 Å². The summed E-state index contributed by atoms with van der Waals surface area (Å²) in [5, 5.41) is 9.60. The Bertz CT molecular complexity index is 922. The lowest BCUT2D eigenvalue weighted by Gasteiger charge is -2.45. The monoisotopic (exact) mass is 372 g/mol. The maximum Gasteiger partial charge on any atom is 0.223 e. The quantitative estimate of drug-likeness (QED) is 0.870. The number of ether oxygens (including phenoxy) is 1. The second-order valence-electron chi connectivity index (χ2n) is 6.55. The molecule has 26 heavy (non-hydrogen) atoms. The van der Waals surface area contributed by atoms with E-state index in [1.54, 1.807) is 12.3 Å². The van der Waals surface area contributed by atoms with Crippen LogP contribution in [0.4, 0.5) is 4.39 Å². The minimum absolute atomic E-state index is 0.0193. The first-order valence-corrected chi connectivity index (χ1v) is 9.22. The first kappa shape index (κ1) is 17.1. The van der Waals surface area contributed by atoms with Crippen LogP contribution in [0.2, 0.25) is 0 Å². The van der Waals surface area contributed by atoms with E-state index >= 15 is 0 Å². The fourth-order valence-corrected chi connectivity index (χ4v) is 4.60. The van der Waals surface area contributed by atoms with Crippen molar-refractivity contribution in [2.24, 2.45) is 16.6 Å². The van der Waals surface area contributed by atoms with E-state index in [0.717, 1.165) is 5.69 Å². The standard InChI is InChI=1S/C18H17FN4O2S/c1-10-7-24-16(22-10)15-5-12-8-26-17(21)23-18(12,9-25-15)13-4-11(6-20)2-3-14(13)19/h2-4,7,12,15H,5,8-9H2,1H3,(H2,21,23)/t12-,15+,18-/m0/s1. The lowest BCUT2D eigenvalue weighted by Crippen LogP contribution is -2.48. The van der Waals surface area contributed by atoms with E-state index in [1.165, 1.54) is 23.9 Å². The number of rotatable bonds is 2. The van der Waals surface area contributed by atoms with Gasteiger partial charge in [-0.05, 0) is 31.5 Å². The summed E-state index contributed by atoms with van der Waals surface area (Å²) in [6.07, 6.45) is 1.86. The predicted octanol–water partition coefficient (Wildman–Crippen LogP) is 3.03. The fourth-order valence-electron chi connectivity index (χ4n) is 3.59. The van der Waals surface area contributed by atoms with Gasteiger partial charge in [0.2, 0.25) is 5.89 Å². The molecule has 2 aliphatic rings. The molecule has 4 rings (SSSR count). The van der Waals surface area contributed by atoms with E-state index in [4.69, 9.17) is 14.9 Å².